The molecule has 0 aliphatic carbocycles. The standard InChI is InChI=1S/C21H25N3O3/c1-14(2)22-20-18(10-7-15-5-8-17(26-3)9-6-15)23-19-13-16(21(25)27-4)11-12-24(19)20/h5-14,18,20,22H,1-4H3/b10-7+. The number of carbonyl (C=O) groups excluding carboxylic acids is 1. The molecular formula is C21H25N3O3. The lowest BCUT2D eigenvalue weighted by molar-refractivity contribution is -0.135. The maximum absolute atomic E-state index is 11.8. The second-order valence-corrected chi connectivity index (χ2v) is 6.69. The van der Waals surface area contributed by atoms with Crippen molar-refractivity contribution in [2.24, 2.45) is 4.99 Å². The number of hydrogen-bond donors (Lipinski definition) is 1. The predicted octanol–water partition coefficient (Wildman–Crippen LogP) is 2.74. The van der Waals surface area contributed by atoms with Crippen LogP contribution >= 0.6 is 0 Å². The minimum absolute atomic E-state index is 0.0128. The fourth-order valence-corrected chi connectivity index (χ4v) is 3.06. The van der Waals surface area contributed by atoms with E-state index in [9.17, 15) is 4.79 Å². The van der Waals surface area contributed by atoms with Crippen LogP contribution < -0.4 is 10.1 Å². The van der Waals surface area contributed by atoms with Gasteiger partial charge in [0.15, 0.2) is 0 Å². The van der Waals surface area contributed by atoms with Gasteiger partial charge in [-0.05, 0) is 43.7 Å². The van der Waals surface area contributed by atoms with Gasteiger partial charge in [-0.2, -0.15) is 0 Å². The molecule has 2 heterocycles. The second kappa shape index (κ2) is 8.22. The molecule has 0 saturated heterocycles. The number of benzene rings is 1. The Balaban J connectivity index is 1.84. The molecule has 2 unspecified atom stereocenters. The fraction of sp³-hybridized carbons (Fsp3) is 0.333. The van der Waals surface area contributed by atoms with Crippen LogP contribution in [-0.2, 0) is 9.53 Å². The normalized spacial score (nSPS) is 21.3. The van der Waals surface area contributed by atoms with Gasteiger partial charge in [-0.1, -0.05) is 24.3 Å². The molecule has 2 atom stereocenters. The minimum Gasteiger partial charge on any atom is -0.497 e. The molecule has 0 saturated carbocycles. The van der Waals surface area contributed by atoms with Gasteiger partial charge in [0.25, 0.3) is 0 Å². The van der Waals surface area contributed by atoms with Gasteiger partial charge < -0.3 is 14.4 Å². The summed E-state index contributed by atoms with van der Waals surface area (Å²) in [5, 5.41) is 3.55. The maximum Gasteiger partial charge on any atom is 0.338 e. The summed E-state index contributed by atoms with van der Waals surface area (Å²) in [5.74, 6) is 1.22. The van der Waals surface area contributed by atoms with Gasteiger partial charge in [-0.25, -0.2) is 4.79 Å². The molecule has 0 fully saturated rings. The van der Waals surface area contributed by atoms with E-state index in [0.29, 0.717) is 11.6 Å². The summed E-state index contributed by atoms with van der Waals surface area (Å²) in [7, 11) is 3.03. The third-order valence-corrected chi connectivity index (χ3v) is 4.40. The Morgan fingerprint density at radius 1 is 1.26 bits per heavy atom. The molecule has 0 amide bonds. The lowest BCUT2D eigenvalue weighted by atomic mass is 10.1. The number of nitrogens with one attached hydrogen (secondary N) is 1. The van der Waals surface area contributed by atoms with Gasteiger partial charge in [0.1, 0.15) is 23.8 Å². The van der Waals surface area contributed by atoms with E-state index in [1.807, 2.05) is 30.5 Å². The number of methoxy groups -OCH3 is 2. The number of aliphatic imine (C=N–C) groups is 1. The number of fused-ring (bicyclic) bond motifs is 1. The first kappa shape index (κ1) is 18.9. The molecule has 2 aliphatic rings. The Bertz CT molecular complexity index is 806. The number of hydrogen-bond acceptors (Lipinski definition) is 6. The fourth-order valence-electron chi connectivity index (χ4n) is 3.06. The molecule has 0 radical (unpaired) electrons. The average molecular weight is 367 g/mol. The first-order valence-corrected chi connectivity index (χ1v) is 8.94. The Labute approximate surface area is 159 Å². The van der Waals surface area contributed by atoms with Crippen molar-refractivity contribution in [3.05, 3.63) is 59.8 Å². The van der Waals surface area contributed by atoms with Gasteiger partial charge in [0.2, 0.25) is 0 Å². The van der Waals surface area contributed by atoms with Gasteiger partial charge in [-0.3, -0.25) is 10.3 Å². The van der Waals surface area contributed by atoms with Crippen molar-refractivity contribution in [3.8, 4) is 5.75 Å². The summed E-state index contributed by atoms with van der Waals surface area (Å²) < 4.78 is 10.0. The summed E-state index contributed by atoms with van der Waals surface area (Å²) in [4.78, 5) is 18.6. The van der Waals surface area contributed by atoms with Crippen LogP contribution in [0.3, 0.4) is 0 Å². The highest BCUT2D eigenvalue weighted by Crippen LogP contribution is 2.24. The Kier molecular flexibility index (Phi) is 5.76. The highest BCUT2D eigenvalue weighted by molar-refractivity contribution is 6.05. The molecule has 1 aromatic rings. The molecule has 142 valence electrons. The second-order valence-electron chi connectivity index (χ2n) is 6.69. The van der Waals surface area contributed by atoms with E-state index in [-0.39, 0.29) is 18.2 Å². The van der Waals surface area contributed by atoms with Crippen LogP contribution in [0.2, 0.25) is 0 Å². The van der Waals surface area contributed by atoms with Crippen LogP contribution in [0.15, 0.2) is 59.3 Å². The smallest absolute Gasteiger partial charge is 0.338 e. The largest absolute Gasteiger partial charge is 0.497 e. The van der Waals surface area contributed by atoms with Crippen LogP contribution in [-0.4, -0.2) is 49.2 Å². The van der Waals surface area contributed by atoms with E-state index in [4.69, 9.17) is 14.5 Å². The molecule has 0 spiro atoms. The van der Waals surface area contributed by atoms with Crippen molar-refractivity contribution in [1.29, 1.82) is 0 Å². The molecule has 6 nitrogen and oxygen atoms in total. The van der Waals surface area contributed by atoms with Crippen LogP contribution in [0.25, 0.3) is 6.08 Å². The zero-order valence-electron chi connectivity index (χ0n) is 16.0. The third-order valence-electron chi connectivity index (χ3n) is 4.40. The van der Waals surface area contributed by atoms with Gasteiger partial charge in [-0.15, -0.1) is 0 Å². The van der Waals surface area contributed by atoms with Crippen LogP contribution in [0.5, 0.6) is 5.75 Å². The Morgan fingerprint density at radius 2 is 2.00 bits per heavy atom. The van der Waals surface area contributed by atoms with E-state index < -0.39 is 0 Å². The number of nitrogens with zero attached hydrogens (tertiary/aromatic N) is 2. The van der Waals surface area contributed by atoms with Crippen LogP contribution in [0, 0.1) is 0 Å². The van der Waals surface area contributed by atoms with Crippen LogP contribution in [0.1, 0.15) is 19.4 Å². The number of ether oxygens (including phenoxy) is 2. The molecule has 27 heavy (non-hydrogen) atoms. The molecule has 3 rings (SSSR count). The zero-order valence-corrected chi connectivity index (χ0v) is 16.0. The summed E-state index contributed by atoms with van der Waals surface area (Å²) >= 11 is 0. The van der Waals surface area contributed by atoms with Gasteiger partial charge in [0, 0.05) is 12.2 Å². The van der Waals surface area contributed by atoms with Gasteiger partial charge >= 0.3 is 5.97 Å². The average Bonchev–Trinajstić information content (AvgIpc) is 3.02. The molecule has 0 bridgehead atoms. The molecule has 1 N–H and O–H groups in total. The predicted molar refractivity (Wildman–Crippen MR) is 106 cm³/mol. The minimum atomic E-state index is -0.362. The van der Waals surface area contributed by atoms with Crippen molar-refractivity contribution in [2.45, 2.75) is 32.1 Å². The summed E-state index contributed by atoms with van der Waals surface area (Å²) in [6.07, 6.45) is 9.52. The molecular weight excluding hydrogens is 342 g/mol. The lowest BCUT2D eigenvalue weighted by Gasteiger charge is -2.30. The summed E-state index contributed by atoms with van der Waals surface area (Å²) in [6.45, 7) is 4.21. The van der Waals surface area contributed by atoms with Crippen molar-refractivity contribution < 1.29 is 14.3 Å². The quantitative estimate of drug-likeness (QED) is 0.784. The molecule has 2 aliphatic heterocycles. The number of rotatable bonds is 6. The van der Waals surface area contributed by atoms with Gasteiger partial charge in [0.05, 0.1) is 19.8 Å². The molecule has 6 heteroatoms. The Hall–Kier alpha value is -2.86. The summed E-state index contributed by atoms with van der Waals surface area (Å²) in [6, 6.07) is 8.08. The maximum atomic E-state index is 11.8. The van der Waals surface area contributed by atoms with E-state index in [0.717, 1.165) is 17.1 Å². The number of esters is 1. The molecule has 0 aromatic heterocycles. The number of amidine groups is 1. The topological polar surface area (TPSA) is 63.2 Å². The third kappa shape index (κ3) is 4.28. The van der Waals surface area contributed by atoms with E-state index in [2.05, 4.69) is 36.2 Å². The first-order chi connectivity index (χ1) is 13.0. The lowest BCUT2D eigenvalue weighted by Crippen LogP contribution is -2.49. The highest BCUT2D eigenvalue weighted by atomic mass is 16.5. The highest BCUT2D eigenvalue weighted by Gasteiger charge is 2.35. The SMILES string of the molecule is COC(=O)C1=CC2=NC(/C=C/c3ccc(OC)cc3)C(NC(C)C)N2C=C1. The van der Waals surface area contributed by atoms with Crippen molar-refractivity contribution in [3.63, 3.8) is 0 Å². The van der Waals surface area contributed by atoms with Crippen molar-refractivity contribution in [2.75, 3.05) is 14.2 Å². The number of carbonyl (C=O) groups is 1. The van der Waals surface area contributed by atoms with Crippen molar-refractivity contribution in [1.82, 2.24) is 10.2 Å². The zero-order chi connectivity index (χ0) is 19.4. The first-order valence-electron chi connectivity index (χ1n) is 8.94. The Morgan fingerprint density at radius 3 is 2.63 bits per heavy atom. The van der Waals surface area contributed by atoms with E-state index >= 15 is 0 Å². The van der Waals surface area contributed by atoms with Crippen LogP contribution in [0.4, 0.5) is 0 Å². The summed E-state index contributed by atoms with van der Waals surface area (Å²) in [5.41, 5.74) is 1.57. The van der Waals surface area contributed by atoms with E-state index in [1.54, 1.807) is 19.3 Å². The van der Waals surface area contributed by atoms with Crippen molar-refractivity contribution >= 4 is 17.9 Å². The monoisotopic (exact) mass is 367 g/mol. The van der Waals surface area contributed by atoms with E-state index in [1.165, 1.54) is 7.11 Å². The molecule has 1 aromatic carbocycles.